The predicted molar refractivity (Wildman–Crippen MR) is 84.8 cm³/mol. The average Bonchev–Trinajstić information content (AvgIpc) is 3.35. The zero-order valence-electron chi connectivity index (χ0n) is 13.1. The number of hydrogen-bond acceptors (Lipinski definition) is 4. The maximum Gasteiger partial charge on any atom is 0.214 e. The van der Waals surface area contributed by atoms with Crippen LogP contribution in [0.5, 0.6) is 0 Å². The molecule has 6 heteroatoms. The van der Waals surface area contributed by atoms with E-state index in [2.05, 4.69) is 21.9 Å². The highest BCUT2D eigenvalue weighted by Gasteiger charge is 2.44. The van der Waals surface area contributed by atoms with Crippen molar-refractivity contribution in [2.24, 2.45) is 5.41 Å². The van der Waals surface area contributed by atoms with Crippen LogP contribution in [0.4, 0.5) is 0 Å². The van der Waals surface area contributed by atoms with Gasteiger partial charge >= 0.3 is 0 Å². The summed E-state index contributed by atoms with van der Waals surface area (Å²) in [5, 5.41) is 3.42. The topological polar surface area (TPSA) is 61.4 Å². The summed E-state index contributed by atoms with van der Waals surface area (Å²) >= 11 is 0. The van der Waals surface area contributed by atoms with E-state index in [1.165, 1.54) is 45.3 Å². The van der Waals surface area contributed by atoms with E-state index in [1.54, 1.807) is 0 Å². The lowest BCUT2D eigenvalue weighted by molar-refractivity contribution is 0.253. The molecule has 0 bridgehead atoms. The van der Waals surface area contributed by atoms with Crippen molar-refractivity contribution in [1.82, 2.24) is 14.9 Å². The van der Waals surface area contributed by atoms with E-state index in [-0.39, 0.29) is 11.3 Å². The minimum atomic E-state index is -3.04. The van der Waals surface area contributed by atoms with Crippen molar-refractivity contribution < 1.29 is 8.42 Å². The molecule has 0 radical (unpaired) electrons. The predicted octanol–water partition coefficient (Wildman–Crippen LogP) is 0.922. The molecule has 0 aromatic carbocycles. The van der Waals surface area contributed by atoms with Gasteiger partial charge in [-0.1, -0.05) is 0 Å². The summed E-state index contributed by atoms with van der Waals surface area (Å²) in [6.07, 6.45) is 6.99. The number of nitrogens with zero attached hydrogens (tertiary/aromatic N) is 1. The normalized spacial score (nSPS) is 26.9. The fraction of sp³-hybridized carbons (Fsp3) is 1.00. The molecule has 0 amide bonds. The van der Waals surface area contributed by atoms with Crippen molar-refractivity contribution >= 4 is 10.0 Å². The fourth-order valence-corrected chi connectivity index (χ4v) is 4.66. The molecule has 0 aromatic heterocycles. The molecule has 1 unspecified atom stereocenters. The first kappa shape index (κ1) is 15.7. The quantitative estimate of drug-likeness (QED) is 0.664. The standard InChI is InChI=1S/C15H29N3O2S/c1-13(10-17-21(19,20)14-4-5-14)16-11-15(6-7-15)12-18-8-2-3-9-18/h13-14,16-17H,2-12H2,1H3. The SMILES string of the molecule is CC(CNS(=O)(=O)C1CC1)NCC1(CN2CCCC2)CC1. The van der Waals surface area contributed by atoms with Crippen LogP contribution in [0.1, 0.15) is 45.4 Å². The first-order chi connectivity index (χ1) is 9.99. The van der Waals surface area contributed by atoms with Gasteiger partial charge in [0.25, 0.3) is 0 Å². The second-order valence-corrected chi connectivity index (χ2v) is 9.40. The highest BCUT2D eigenvalue weighted by Crippen LogP contribution is 2.46. The number of sulfonamides is 1. The zero-order chi connectivity index (χ0) is 14.9. The largest absolute Gasteiger partial charge is 0.312 e. The third-order valence-electron chi connectivity index (χ3n) is 5.09. The number of rotatable bonds is 9. The van der Waals surface area contributed by atoms with Gasteiger partial charge in [-0.25, -0.2) is 13.1 Å². The minimum Gasteiger partial charge on any atom is -0.312 e. The van der Waals surface area contributed by atoms with Gasteiger partial charge in [0, 0.05) is 25.7 Å². The van der Waals surface area contributed by atoms with Crippen molar-refractivity contribution in [1.29, 1.82) is 0 Å². The van der Waals surface area contributed by atoms with Crippen LogP contribution >= 0.6 is 0 Å². The first-order valence-corrected chi connectivity index (χ1v) is 9.98. The summed E-state index contributed by atoms with van der Waals surface area (Å²) < 4.78 is 26.3. The maximum absolute atomic E-state index is 11.8. The van der Waals surface area contributed by atoms with Gasteiger partial charge in [0.2, 0.25) is 10.0 Å². The Labute approximate surface area is 128 Å². The van der Waals surface area contributed by atoms with E-state index in [0.717, 1.165) is 19.4 Å². The third kappa shape index (κ3) is 4.41. The Hall–Kier alpha value is -0.170. The van der Waals surface area contributed by atoms with Gasteiger partial charge in [-0.15, -0.1) is 0 Å². The Balaban J connectivity index is 1.36. The van der Waals surface area contributed by atoms with E-state index in [0.29, 0.717) is 12.0 Å². The van der Waals surface area contributed by atoms with Crippen LogP contribution in [0.25, 0.3) is 0 Å². The van der Waals surface area contributed by atoms with Gasteiger partial charge in [0.15, 0.2) is 0 Å². The molecule has 2 aliphatic carbocycles. The molecular weight excluding hydrogens is 286 g/mol. The van der Waals surface area contributed by atoms with E-state index in [4.69, 9.17) is 0 Å². The molecule has 0 spiro atoms. The monoisotopic (exact) mass is 315 g/mol. The number of likely N-dealkylation sites (tertiary alicyclic amines) is 1. The second kappa shape index (κ2) is 6.14. The van der Waals surface area contributed by atoms with Crippen LogP contribution in [0.3, 0.4) is 0 Å². The molecule has 1 saturated heterocycles. The Morgan fingerprint density at radius 1 is 1.24 bits per heavy atom. The van der Waals surface area contributed by atoms with Crippen LogP contribution in [0, 0.1) is 5.41 Å². The van der Waals surface area contributed by atoms with Crippen LogP contribution in [-0.2, 0) is 10.0 Å². The van der Waals surface area contributed by atoms with E-state index >= 15 is 0 Å². The van der Waals surface area contributed by atoms with Crippen LogP contribution < -0.4 is 10.0 Å². The van der Waals surface area contributed by atoms with Gasteiger partial charge in [-0.2, -0.15) is 0 Å². The summed E-state index contributed by atoms with van der Waals surface area (Å²) in [4.78, 5) is 2.59. The minimum absolute atomic E-state index is 0.116. The summed E-state index contributed by atoms with van der Waals surface area (Å²) in [7, 11) is -3.04. The van der Waals surface area contributed by atoms with Crippen LogP contribution in [0.15, 0.2) is 0 Å². The molecule has 1 aliphatic heterocycles. The van der Waals surface area contributed by atoms with Crippen molar-refractivity contribution in [2.75, 3.05) is 32.7 Å². The summed E-state index contributed by atoms with van der Waals surface area (Å²) in [6.45, 7) is 7.35. The lowest BCUT2D eigenvalue weighted by Gasteiger charge is -2.25. The second-order valence-electron chi connectivity index (χ2n) is 7.36. The molecule has 5 nitrogen and oxygen atoms in total. The summed E-state index contributed by atoms with van der Waals surface area (Å²) in [6, 6.07) is 0.203. The molecule has 2 N–H and O–H groups in total. The number of nitrogens with one attached hydrogen (secondary N) is 2. The van der Waals surface area contributed by atoms with E-state index in [9.17, 15) is 8.42 Å². The highest BCUT2D eigenvalue weighted by atomic mass is 32.2. The Morgan fingerprint density at radius 3 is 2.48 bits per heavy atom. The molecule has 1 heterocycles. The summed E-state index contributed by atoms with van der Waals surface area (Å²) in [5.74, 6) is 0. The van der Waals surface area contributed by atoms with Gasteiger partial charge in [-0.3, -0.25) is 0 Å². The molecule has 0 aromatic rings. The Bertz CT molecular complexity index is 452. The molecule has 3 aliphatic rings. The van der Waals surface area contributed by atoms with Crippen molar-refractivity contribution in [3.05, 3.63) is 0 Å². The molecule has 1 atom stereocenters. The lowest BCUT2D eigenvalue weighted by atomic mass is 10.1. The Morgan fingerprint density at radius 2 is 1.90 bits per heavy atom. The van der Waals surface area contributed by atoms with Gasteiger partial charge in [0.05, 0.1) is 5.25 Å². The van der Waals surface area contributed by atoms with Crippen molar-refractivity contribution in [3.8, 4) is 0 Å². The van der Waals surface area contributed by atoms with Gasteiger partial charge in [0.1, 0.15) is 0 Å². The fourth-order valence-electron chi connectivity index (χ4n) is 3.18. The molecule has 2 saturated carbocycles. The van der Waals surface area contributed by atoms with Crippen LogP contribution in [0.2, 0.25) is 0 Å². The summed E-state index contributed by atoms with van der Waals surface area (Å²) in [5.41, 5.74) is 0.466. The maximum atomic E-state index is 11.8. The molecule has 122 valence electrons. The van der Waals surface area contributed by atoms with Gasteiger partial charge < -0.3 is 10.2 Å². The smallest absolute Gasteiger partial charge is 0.214 e. The molecule has 21 heavy (non-hydrogen) atoms. The highest BCUT2D eigenvalue weighted by molar-refractivity contribution is 7.90. The van der Waals surface area contributed by atoms with Crippen LogP contribution in [-0.4, -0.2) is 57.3 Å². The lowest BCUT2D eigenvalue weighted by Crippen LogP contribution is -2.43. The first-order valence-electron chi connectivity index (χ1n) is 8.43. The number of hydrogen-bond donors (Lipinski definition) is 2. The molecule has 3 rings (SSSR count). The van der Waals surface area contributed by atoms with Gasteiger partial charge in [-0.05, 0) is 64.0 Å². The third-order valence-corrected chi connectivity index (χ3v) is 7.01. The van der Waals surface area contributed by atoms with E-state index < -0.39 is 10.0 Å². The Kier molecular flexibility index (Phi) is 4.60. The van der Waals surface area contributed by atoms with Crippen molar-refractivity contribution in [2.45, 2.75) is 56.7 Å². The molecular formula is C15H29N3O2S. The zero-order valence-corrected chi connectivity index (χ0v) is 13.9. The van der Waals surface area contributed by atoms with E-state index in [1.807, 2.05) is 0 Å². The molecule has 3 fully saturated rings. The average molecular weight is 315 g/mol. The van der Waals surface area contributed by atoms with Crippen molar-refractivity contribution in [3.63, 3.8) is 0 Å².